The Labute approximate surface area is 188 Å². The van der Waals surface area contributed by atoms with Gasteiger partial charge in [-0.3, -0.25) is 0 Å². The van der Waals surface area contributed by atoms with Crippen LogP contribution in [0.4, 0.5) is 5.69 Å². The number of unbranched alkanes of at least 4 members (excludes halogenated alkanes) is 2. The van der Waals surface area contributed by atoms with Crippen molar-refractivity contribution in [3.8, 4) is 11.5 Å². The van der Waals surface area contributed by atoms with Gasteiger partial charge in [0.2, 0.25) is 0 Å². The number of aryl methyl sites for hydroxylation is 1. The predicted molar refractivity (Wildman–Crippen MR) is 133 cm³/mol. The quantitative estimate of drug-likeness (QED) is 0.333. The lowest BCUT2D eigenvalue weighted by Crippen LogP contribution is -2.21. The molecular weight excluding hydrogens is 386 g/mol. The second kappa shape index (κ2) is 11.0. The van der Waals surface area contributed by atoms with Gasteiger partial charge in [0.25, 0.3) is 0 Å². The third-order valence-corrected chi connectivity index (χ3v) is 5.97. The van der Waals surface area contributed by atoms with Crippen LogP contribution in [0.5, 0.6) is 11.5 Å². The number of rotatable bonds is 11. The zero-order chi connectivity index (χ0) is 23.2. The molecule has 4 N–H and O–H groups in total. The first-order chi connectivity index (χ1) is 14.7. The third kappa shape index (κ3) is 5.62. The Morgan fingerprint density at radius 3 is 2.39 bits per heavy atom. The van der Waals surface area contributed by atoms with Gasteiger partial charge in [-0.05, 0) is 49.3 Å². The fourth-order valence-electron chi connectivity index (χ4n) is 4.36. The van der Waals surface area contributed by atoms with Crippen molar-refractivity contribution in [2.75, 3.05) is 26.0 Å². The van der Waals surface area contributed by atoms with Gasteiger partial charge in [-0.2, -0.15) is 0 Å². The molecule has 5 heteroatoms. The van der Waals surface area contributed by atoms with Gasteiger partial charge in [-0.15, -0.1) is 0 Å². The molecular formula is C26H43N3O2. The largest absolute Gasteiger partial charge is 0.493 e. The van der Waals surface area contributed by atoms with Gasteiger partial charge in [0.1, 0.15) is 0 Å². The van der Waals surface area contributed by atoms with Crippen LogP contribution in [0, 0.1) is 0 Å². The van der Waals surface area contributed by atoms with Crippen molar-refractivity contribution >= 4 is 16.6 Å². The molecule has 0 aliphatic heterocycles. The molecule has 5 nitrogen and oxygen atoms in total. The maximum absolute atomic E-state index is 6.51. The minimum Gasteiger partial charge on any atom is -0.493 e. The van der Waals surface area contributed by atoms with Gasteiger partial charge in [0.15, 0.2) is 11.5 Å². The molecule has 174 valence electrons. The van der Waals surface area contributed by atoms with E-state index in [4.69, 9.17) is 25.9 Å². The second-order valence-corrected chi connectivity index (χ2v) is 9.56. The zero-order valence-corrected chi connectivity index (χ0v) is 20.7. The SMILES string of the molecule is CCCCCOc1c(OC)cc(N)c2nc(C(C)(C)C)c(C(C)CCCN)c(CC)c12. The first kappa shape index (κ1) is 25.3. The first-order valence-electron chi connectivity index (χ1n) is 11.9. The van der Waals surface area contributed by atoms with Gasteiger partial charge >= 0.3 is 0 Å². The Balaban J connectivity index is 2.86. The molecule has 0 aliphatic carbocycles. The zero-order valence-electron chi connectivity index (χ0n) is 20.7. The highest BCUT2D eigenvalue weighted by molar-refractivity contribution is 5.99. The summed E-state index contributed by atoms with van der Waals surface area (Å²) in [5.74, 6) is 1.81. The van der Waals surface area contributed by atoms with Crippen LogP contribution >= 0.6 is 0 Å². The smallest absolute Gasteiger partial charge is 0.170 e. The average molecular weight is 430 g/mol. The van der Waals surface area contributed by atoms with Crippen LogP contribution in [0.3, 0.4) is 0 Å². The molecule has 2 aromatic rings. The standard InChI is InChI=1S/C26H43N3O2/c1-8-10-11-15-31-24-20(30-7)16-19(28)23-22(24)18(9-2)21(17(3)13-12-14-27)25(29-23)26(4,5)6/h16-17H,8-15,27-28H2,1-7H3. The van der Waals surface area contributed by atoms with Crippen LogP contribution in [-0.4, -0.2) is 25.2 Å². The fourth-order valence-corrected chi connectivity index (χ4v) is 4.36. The lowest BCUT2D eigenvalue weighted by molar-refractivity contribution is 0.289. The number of hydrogen-bond acceptors (Lipinski definition) is 5. The van der Waals surface area contributed by atoms with E-state index in [1.807, 2.05) is 6.07 Å². The Kier molecular flexibility index (Phi) is 8.99. The third-order valence-electron chi connectivity index (χ3n) is 5.97. The van der Waals surface area contributed by atoms with Crippen molar-refractivity contribution in [3.05, 3.63) is 22.9 Å². The molecule has 0 amide bonds. The van der Waals surface area contributed by atoms with Crippen LogP contribution in [0.15, 0.2) is 6.07 Å². The number of hydrogen-bond donors (Lipinski definition) is 2. The van der Waals surface area contributed by atoms with Gasteiger partial charge in [-0.1, -0.05) is 54.4 Å². The Bertz CT molecular complexity index is 872. The summed E-state index contributed by atoms with van der Waals surface area (Å²) in [5.41, 5.74) is 17.4. The van der Waals surface area contributed by atoms with E-state index in [1.54, 1.807) is 7.11 Å². The Morgan fingerprint density at radius 2 is 1.84 bits per heavy atom. The summed E-state index contributed by atoms with van der Waals surface area (Å²) >= 11 is 0. The summed E-state index contributed by atoms with van der Waals surface area (Å²) in [6.45, 7) is 14.7. The number of methoxy groups -OCH3 is 1. The molecule has 0 aliphatic rings. The van der Waals surface area contributed by atoms with Crippen molar-refractivity contribution in [1.82, 2.24) is 4.98 Å². The highest BCUT2D eigenvalue weighted by Gasteiger charge is 2.29. The summed E-state index contributed by atoms with van der Waals surface area (Å²) < 4.78 is 12.0. The molecule has 0 fully saturated rings. The van der Waals surface area contributed by atoms with Crippen molar-refractivity contribution in [3.63, 3.8) is 0 Å². The molecule has 2 rings (SSSR count). The lowest BCUT2D eigenvalue weighted by Gasteiger charge is -2.29. The molecule has 31 heavy (non-hydrogen) atoms. The summed E-state index contributed by atoms with van der Waals surface area (Å²) in [7, 11) is 1.67. The molecule has 0 spiro atoms. The minimum atomic E-state index is -0.0983. The van der Waals surface area contributed by atoms with E-state index in [2.05, 4.69) is 41.5 Å². The van der Waals surface area contributed by atoms with Crippen LogP contribution in [0.1, 0.15) is 96.4 Å². The number of nitrogen functional groups attached to an aromatic ring is 1. The van der Waals surface area contributed by atoms with Crippen LogP contribution in [0.2, 0.25) is 0 Å². The molecule has 0 bridgehead atoms. The maximum atomic E-state index is 6.51. The number of nitrogens with two attached hydrogens (primary N) is 2. The van der Waals surface area contributed by atoms with Crippen molar-refractivity contribution in [2.24, 2.45) is 5.73 Å². The predicted octanol–water partition coefficient (Wildman–Crippen LogP) is 6.10. The minimum absolute atomic E-state index is 0.0983. The molecule has 0 saturated carbocycles. The fraction of sp³-hybridized carbons (Fsp3) is 0.654. The van der Waals surface area contributed by atoms with E-state index < -0.39 is 0 Å². The highest BCUT2D eigenvalue weighted by atomic mass is 16.5. The number of nitrogens with zero attached hydrogens (tertiary/aromatic N) is 1. The van der Waals surface area contributed by atoms with E-state index >= 15 is 0 Å². The van der Waals surface area contributed by atoms with E-state index in [-0.39, 0.29) is 5.41 Å². The van der Waals surface area contributed by atoms with Crippen LogP contribution < -0.4 is 20.9 Å². The number of fused-ring (bicyclic) bond motifs is 1. The number of pyridine rings is 1. The Hall–Kier alpha value is -2.01. The van der Waals surface area contributed by atoms with Gasteiger partial charge in [-0.25, -0.2) is 4.98 Å². The summed E-state index contributed by atoms with van der Waals surface area (Å²) in [6, 6.07) is 1.86. The lowest BCUT2D eigenvalue weighted by atomic mass is 9.79. The van der Waals surface area contributed by atoms with Crippen molar-refractivity contribution in [2.45, 2.75) is 91.4 Å². The van der Waals surface area contributed by atoms with Gasteiger partial charge in [0.05, 0.1) is 36.0 Å². The van der Waals surface area contributed by atoms with E-state index in [0.717, 1.165) is 60.9 Å². The molecule has 1 heterocycles. The second-order valence-electron chi connectivity index (χ2n) is 9.56. The topological polar surface area (TPSA) is 83.4 Å². The molecule has 1 aromatic heterocycles. The number of ether oxygens (including phenoxy) is 2. The molecule has 1 aromatic carbocycles. The van der Waals surface area contributed by atoms with Gasteiger partial charge in [0, 0.05) is 11.5 Å². The Morgan fingerprint density at radius 1 is 1.13 bits per heavy atom. The molecule has 1 unspecified atom stereocenters. The van der Waals surface area contributed by atoms with E-state index in [0.29, 0.717) is 30.5 Å². The first-order valence-corrected chi connectivity index (χ1v) is 11.9. The summed E-state index contributed by atoms with van der Waals surface area (Å²) in [6.07, 6.45) is 6.22. The summed E-state index contributed by atoms with van der Waals surface area (Å²) in [4.78, 5) is 5.17. The van der Waals surface area contributed by atoms with Gasteiger partial charge < -0.3 is 20.9 Å². The molecule has 0 radical (unpaired) electrons. The van der Waals surface area contributed by atoms with Crippen LogP contribution in [-0.2, 0) is 11.8 Å². The number of aromatic nitrogens is 1. The summed E-state index contributed by atoms with van der Waals surface area (Å²) in [5, 5.41) is 1.01. The van der Waals surface area contributed by atoms with E-state index in [1.165, 1.54) is 11.1 Å². The van der Waals surface area contributed by atoms with E-state index in [9.17, 15) is 0 Å². The molecule has 0 saturated heterocycles. The highest BCUT2D eigenvalue weighted by Crippen LogP contribution is 2.45. The average Bonchev–Trinajstić information content (AvgIpc) is 2.73. The monoisotopic (exact) mass is 429 g/mol. The van der Waals surface area contributed by atoms with Crippen molar-refractivity contribution in [1.29, 1.82) is 0 Å². The van der Waals surface area contributed by atoms with Crippen LogP contribution in [0.25, 0.3) is 10.9 Å². The van der Waals surface area contributed by atoms with Crippen molar-refractivity contribution < 1.29 is 9.47 Å². The number of anilines is 1. The normalized spacial score (nSPS) is 12.9. The maximum Gasteiger partial charge on any atom is 0.170 e. The number of benzene rings is 1. The molecule has 1 atom stereocenters.